The number of allylic oxidation sites excluding steroid dienone is 1. The maximum atomic E-state index is 9.03. The molecule has 0 aliphatic rings. The van der Waals surface area contributed by atoms with Gasteiger partial charge in [-0.2, -0.15) is 5.26 Å². The molecule has 0 atom stereocenters. The van der Waals surface area contributed by atoms with Gasteiger partial charge in [-0.3, -0.25) is 4.99 Å². The number of hydrogen-bond acceptors (Lipinski definition) is 2. The highest BCUT2D eigenvalue weighted by atomic mass is 35.5. The van der Waals surface area contributed by atoms with Gasteiger partial charge in [-0.05, 0) is 38.3 Å². The molecule has 1 rings (SSSR count). The third-order valence-corrected chi connectivity index (χ3v) is 2.38. The molecule has 2 nitrogen and oxygen atoms in total. The smallest absolute Gasteiger partial charge is 0.101 e. The Labute approximate surface area is 101 Å². The highest BCUT2D eigenvalue weighted by molar-refractivity contribution is 6.17. The molecule has 82 valence electrons. The lowest BCUT2D eigenvalue weighted by molar-refractivity contribution is 1.34. The molecule has 0 aliphatic heterocycles. The zero-order valence-electron chi connectivity index (χ0n) is 9.42. The molecule has 0 aromatic heterocycles. The Hall–Kier alpha value is -1.59. The van der Waals surface area contributed by atoms with E-state index in [4.69, 9.17) is 16.9 Å². The molecule has 1 aromatic rings. The van der Waals surface area contributed by atoms with Crippen molar-refractivity contribution in [3.8, 4) is 6.07 Å². The topological polar surface area (TPSA) is 36.1 Å². The molecule has 0 saturated carbocycles. The van der Waals surface area contributed by atoms with Crippen molar-refractivity contribution >= 4 is 30.1 Å². The zero-order chi connectivity index (χ0) is 12.1. The molecule has 0 amide bonds. The van der Waals surface area contributed by atoms with Crippen LogP contribution < -0.4 is 0 Å². The van der Waals surface area contributed by atoms with Gasteiger partial charge in [0, 0.05) is 11.4 Å². The fraction of sp³-hybridized carbons (Fsp3) is 0.231. The Bertz CT molecular complexity index is 477. The van der Waals surface area contributed by atoms with Crippen LogP contribution in [-0.2, 0) is 5.88 Å². The van der Waals surface area contributed by atoms with Crippen LogP contribution in [0.4, 0.5) is 5.69 Å². The van der Waals surface area contributed by atoms with Gasteiger partial charge in [0.15, 0.2) is 0 Å². The first-order valence-electron chi connectivity index (χ1n) is 4.87. The predicted molar refractivity (Wildman–Crippen MR) is 69.2 cm³/mol. The Balaban J connectivity index is 3.50. The highest BCUT2D eigenvalue weighted by Crippen LogP contribution is 2.28. The summed E-state index contributed by atoms with van der Waals surface area (Å²) in [4.78, 5) is 3.91. The van der Waals surface area contributed by atoms with E-state index in [2.05, 4.69) is 17.8 Å². The van der Waals surface area contributed by atoms with Crippen molar-refractivity contribution in [1.29, 1.82) is 5.26 Å². The van der Waals surface area contributed by atoms with Crippen LogP contribution in [0.1, 0.15) is 30.5 Å². The van der Waals surface area contributed by atoms with Gasteiger partial charge in [-0.25, -0.2) is 0 Å². The molecular weight excluding hydrogens is 220 g/mol. The van der Waals surface area contributed by atoms with Crippen molar-refractivity contribution in [2.24, 2.45) is 4.99 Å². The summed E-state index contributed by atoms with van der Waals surface area (Å²) in [6, 6.07) is 5.80. The fourth-order valence-corrected chi connectivity index (χ4v) is 1.63. The SMILES string of the molecule is C=Nc1c(C#N)cc(CCl)cc1C=C(C)C. The van der Waals surface area contributed by atoms with E-state index in [9.17, 15) is 0 Å². The van der Waals surface area contributed by atoms with E-state index in [1.807, 2.05) is 26.0 Å². The third-order valence-electron chi connectivity index (χ3n) is 2.08. The minimum atomic E-state index is 0.385. The van der Waals surface area contributed by atoms with E-state index in [1.165, 1.54) is 0 Å². The number of hydrogen-bond donors (Lipinski definition) is 0. The van der Waals surface area contributed by atoms with Gasteiger partial charge in [0.1, 0.15) is 6.07 Å². The molecule has 0 bridgehead atoms. The van der Waals surface area contributed by atoms with Crippen LogP contribution in [0.25, 0.3) is 6.08 Å². The molecule has 0 heterocycles. The lowest BCUT2D eigenvalue weighted by Crippen LogP contribution is -1.87. The monoisotopic (exact) mass is 232 g/mol. The molecule has 16 heavy (non-hydrogen) atoms. The van der Waals surface area contributed by atoms with E-state index in [0.717, 1.165) is 16.7 Å². The van der Waals surface area contributed by atoms with E-state index >= 15 is 0 Å². The summed E-state index contributed by atoms with van der Waals surface area (Å²) in [5.74, 6) is 0.385. The number of aliphatic imine (C=N–C) groups is 1. The zero-order valence-corrected chi connectivity index (χ0v) is 10.2. The maximum Gasteiger partial charge on any atom is 0.101 e. The standard InChI is InChI=1S/C13H13ClN2/c1-9(2)4-11-5-10(7-14)6-12(8-15)13(11)16-3/h4-6H,3,7H2,1-2H3. The largest absolute Gasteiger partial charge is 0.263 e. The van der Waals surface area contributed by atoms with Crippen molar-refractivity contribution in [1.82, 2.24) is 0 Å². The van der Waals surface area contributed by atoms with Gasteiger partial charge in [0.05, 0.1) is 11.3 Å². The van der Waals surface area contributed by atoms with Gasteiger partial charge in [-0.15, -0.1) is 11.6 Å². The number of nitrogens with zero attached hydrogens (tertiary/aromatic N) is 2. The lowest BCUT2D eigenvalue weighted by Gasteiger charge is -2.06. The van der Waals surface area contributed by atoms with Crippen LogP contribution in [0.3, 0.4) is 0 Å². The summed E-state index contributed by atoms with van der Waals surface area (Å²) >= 11 is 5.78. The van der Waals surface area contributed by atoms with Crippen molar-refractivity contribution in [2.75, 3.05) is 0 Å². The van der Waals surface area contributed by atoms with Crippen molar-refractivity contribution in [3.63, 3.8) is 0 Å². The number of nitriles is 1. The molecule has 3 heteroatoms. The minimum Gasteiger partial charge on any atom is -0.263 e. The number of halogens is 1. The minimum absolute atomic E-state index is 0.385. The Morgan fingerprint density at radius 3 is 2.69 bits per heavy atom. The summed E-state index contributed by atoms with van der Waals surface area (Å²) in [5, 5.41) is 9.03. The molecule has 0 saturated heterocycles. The molecule has 0 aliphatic carbocycles. The summed E-state index contributed by atoms with van der Waals surface area (Å²) in [6.07, 6.45) is 1.97. The van der Waals surface area contributed by atoms with Crippen molar-refractivity contribution < 1.29 is 0 Å². The van der Waals surface area contributed by atoms with Gasteiger partial charge in [-0.1, -0.05) is 11.6 Å². The van der Waals surface area contributed by atoms with Crippen LogP contribution >= 0.6 is 11.6 Å². The second-order valence-corrected chi connectivity index (χ2v) is 3.97. The van der Waals surface area contributed by atoms with Gasteiger partial charge < -0.3 is 0 Å². The van der Waals surface area contributed by atoms with Crippen molar-refractivity contribution in [3.05, 3.63) is 34.4 Å². The molecular formula is C13H13ClN2. The average molecular weight is 233 g/mol. The summed E-state index contributed by atoms with van der Waals surface area (Å²) < 4.78 is 0. The first-order chi connectivity index (χ1) is 7.62. The molecule has 0 fully saturated rings. The van der Waals surface area contributed by atoms with Crippen LogP contribution in [0.2, 0.25) is 0 Å². The van der Waals surface area contributed by atoms with Crippen molar-refractivity contribution in [2.45, 2.75) is 19.7 Å². The first-order valence-corrected chi connectivity index (χ1v) is 5.40. The Morgan fingerprint density at radius 2 is 2.25 bits per heavy atom. The number of benzene rings is 1. The fourth-order valence-electron chi connectivity index (χ4n) is 1.48. The Morgan fingerprint density at radius 1 is 1.56 bits per heavy atom. The van der Waals surface area contributed by atoms with Crippen LogP contribution in [0.5, 0.6) is 0 Å². The summed E-state index contributed by atoms with van der Waals surface area (Å²) in [5.41, 5.74) is 4.08. The van der Waals surface area contributed by atoms with E-state index in [1.54, 1.807) is 6.07 Å². The number of alkyl halides is 1. The molecule has 0 unspecified atom stereocenters. The Kier molecular flexibility index (Phi) is 4.28. The summed E-state index contributed by atoms with van der Waals surface area (Å²) in [7, 11) is 0. The van der Waals surface area contributed by atoms with E-state index in [0.29, 0.717) is 17.1 Å². The van der Waals surface area contributed by atoms with Crippen LogP contribution in [-0.4, -0.2) is 6.72 Å². The van der Waals surface area contributed by atoms with Gasteiger partial charge in [0.25, 0.3) is 0 Å². The molecule has 0 radical (unpaired) electrons. The van der Waals surface area contributed by atoms with Crippen LogP contribution in [0, 0.1) is 11.3 Å². The van der Waals surface area contributed by atoms with E-state index < -0.39 is 0 Å². The highest BCUT2D eigenvalue weighted by Gasteiger charge is 2.07. The van der Waals surface area contributed by atoms with Gasteiger partial charge >= 0.3 is 0 Å². The van der Waals surface area contributed by atoms with Crippen LogP contribution in [0.15, 0.2) is 22.7 Å². The lowest BCUT2D eigenvalue weighted by atomic mass is 10.0. The maximum absolute atomic E-state index is 9.03. The normalized spacial score (nSPS) is 9.38. The average Bonchev–Trinajstić information content (AvgIpc) is 2.27. The second-order valence-electron chi connectivity index (χ2n) is 3.71. The first kappa shape index (κ1) is 12.5. The second kappa shape index (κ2) is 5.48. The van der Waals surface area contributed by atoms with Gasteiger partial charge in [0.2, 0.25) is 0 Å². The summed E-state index contributed by atoms with van der Waals surface area (Å²) in [6.45, 7) is 7.48. The predicted octanol–water partition coefficient (Wildman–Crippen LogP) is 4.05. The molecule has 0 N–H and O–H groups in total. The third kappa shape index (κ3) is 2.71. The van der Waals surface area contributed by atoms with E-state index in [-0.39, 0.29) is 0 Å². The molecule has 1 aromatic carbocycles. The molecule has 0 spiro atoms. The quantitative estimate of drug-likeness (QED) is 0.572. The number of rotatable bonds is 3.